The maximum atomic E-state index is 12.7. The van der Waals surface area contributed by atoms with E-state index in [2.05, 4.69) is 39.9 Å². The summed E-state index contributed by atoms with van der Waals surface area (Å²) in [6.45, 7) is 3.71. The first-order valence-corrected chi connectivity index (χ1v) is 11.5. The van der Waals surface area contributed by atoms with Gasteiger partial charge in [0, 0.05) is 12.6 Å². The molecule has 1 amide bonds. The highest BCUT2D eigenvalue weighted by Crippen LogP contribution is 2.28. The summed E-state index contributed by atoms with van der Waals surface area (Å²) >= 11 is 3.14. The van der Waals surface area contributed by atoms with Gasteiger partial charge in [-0.25, -0.2) is 0 Å². The van der Waals surface area contributed by atoms with Crippen LogP contribution >= 0.6 is 23.1 Å². The third kappa shape index (κ3) is 4.31. The van der Waals surface area contributed by atoms with Gasteiger partial charge in [0.15, 0.2) is 11.0 Å². The van der Waals surface area contributed by atoms with E-state index in [1.807, 2.05) is 34.5 Å². The van der Waals surface area contributed by atoms with Gasteiger partial charge in [0.05, 0.1) is 17.2 Å². The van der Waals surface area contributed by atoms with Gasteiger partial charge in [-0.1, -0.05) is 48.2 Å². The number of aromatic nitrogens is 3. The minimum absolute atomic E-state index is 0.198. The van der Waals surface area contributed by atoms with Gasteiger partial charge in [-0.2, -0.15) is 0 Å². The highest BCUT2D eigenvalue weighted by molar-refractivity contribution is 7.99. The van der Waals surface area contributed by atoms with Crippen molar-refractivity contribution in [2.24, 2.45) is 0 Å². The lowest BCUT2D eigenvalue weighted by Crippen LogP contribution is -2.43. The van der Waals surface area contributed by atoms with Crippen molar-refractivity contribution in [1.29, 1.82) is 0 Å². The van der Waals surface area contributed by atoms with Crippen molar-refractivity contribution in [3.63, 3.8) is 0 Å². The number of rotatable bonds is 6. The number of nitrogens with zero attached hydrogens (tertiary/aromatic N) is 4. The van der Waals surface area contributed by atoms with Gasteiger partial charge < -0.3 is 4.90 Å². The number of carbonyl (C=O) groups is 1. The molecule has 0 unspecified atom stereocenters. The van der Waals surface area contributed by atoms with Crippen LogP contribution in [0.25, 0.3) is 10.7 Å². The zero-order chi connectivity index (χ0) is 19.3. The van der Waals surface area contributed by atoms with E-state index >= 15 is 0 Å². The van der Waals surface area contributed by atoms with Crippen LogP contribution in [0.2, 0.25) is 0 Å². The van der Waals surface area contributed by atoms with Crippen LogP contribution < -0.4 is 0 Å². The normalized spacial score (nSPS) is 17.0. The van der Waals surface area contributed by atoms with Gasteiger partial charge in [0.2, 0.25) is 5.91 Å². The van der Waals surface area contributed by atoms with Crippen molar-refractivity contribution >= 4 is 29.0 Å². The van der Waals surface area contributed by atoms with Crippen molar-refractivity contribution in [2.45, 2.75) is 43.9 Å². The van der Waals surface area contributed by atoms with Crippen molar-refractivity contribution < 1.29 is 4.79 Å². The minimum atomic E-state index is 0.198. The Kier molecular flexibility index (Phi) is 6.12. The first-order valence-electron chi connectivity index (χ1n) is 9.65. The average molecular weight is 413 g/mol. The van der Waals surface area contributed by atoms with Gasteiger partial charge in [-0.05, 0) is 43.2 Å². The number of thioether (sulfide) groups is 1. The van der Waals surface area contributed by atoms with Gasteiger partial charge in [-0.15, -0.1) is 21.5 Å². The summed E-state index contributed by atoms with van der Waals surface area (Å²) in [5, 5.41) is 11.7. The Balaban J connectivity index is 1.54. The molecule has 28 heavy (non-hydrogen) atoms. The molecule has 1 aliphatic rings. The van der Waals surface area contributed by atoms with Gasteiger partial charge in [-0.3, -0.25) is 9.36 Å². The van der Waals surface area contributed by atoms with Crippen molar-refractivity contribution in [2.75, 3.05) is 12.3 Å². The molecule has 1 aromatic carbocycles. The molecule has 0 saturated carbocycles. The van der Waals surface area contributed by atoms with E-state index in [4.69, 9.17) is 0 Å². The number of hydrogen-bond acceptors (Lipinski definition) is 5. The fourth-order valence-electron chi connectivity index (χ4n) is 3.57. The predicted molar refractivity (Wildman–Crippen MR) is 115 cm³/mol. The van der Waals surface area contributed by atoms with E-state index in [1.165, 1.54) is 23.7 Å². The average Bonchev–Trinajstić information content (AvgIpc) is 3.37. The summed E-state index contributed by atoms with van der Waals surface area (Å²) in [6, 6.07) is 14.7. The van der Waals surface area contributed by atoms with Crippen LogP contribution in [0.3, 0.4) is 0 Å². The lowest BCUT2D eigenvalue weighted by atomic mass is 10.0. The van der Waals surface area contributed by atoms with Crippen LogP contribution in [0.5, 0.6) is 0 Å². The van der Waals surface area contributed by atoms with Crippen LogP contribution in [-0.4, -0.2) is 43.9 Å². The molecule has 146 valence electrons. The first-order chi connectivity index (χ1) is 13.7. The second-order valence-electron chi connectivity index (χ2n) is 7.08. The SMILES string of the molecule is C[C@@H]1CCCCN1C(=O)CSc1nnc(-c2cccs2)n1Cc1ccccc1. The molecule has 3 heterocycles. The van der Waals surface area contributed by atoms with E-state index in [0.717, 1.165) is 35.2 Å². The molecule has 7 heteroatoms. The van der Waals surface area contributed by atoms with Crippen LogP contribution in [0, 0.1) is 0 Å². The molecule has 1 saturated heterocycles. The molecule has 0 spiro atoms. The highest BCUT2D eigenvalue weighted by atomic mass is 32.2. The predicted octanol–water partition coefficient (Wildman–Crippen LogP) is 4.55. The lowest BCUT2D eigenvalue weighted by Gasteiger charge is -2.33. The Hall–Kier alpha value is -2.12. The maximum Gasteiger partial charge on any atom is 0.233 e. The zero-order valence-corrected chi connectivity index (χ0v) is 17.6. The molecule has 1 aliphatic heterocycles. The van der Waals surface area contributed by atoms with Crippen molar-refractivity contribution in [1.82, 2.24) is 19.7 Å². The van der Waals surface area contributed by atoms with Crippen LogP contribution in [0.4, 0.5) is 0 Å². The van der Waals surface area contributed by atoms with Gasteiger partial charge in [0.1, 0.15) is 0 Å². The summed E-state index contributed by atoms with van der Waals surface area (Å²) < 4.78 is 2.12. The summed E-state index contributed by atoms with van der Waals surface area (Å²) in [4.78, 5) is 15.8. The molecule has 0 bridgehead atoms. The summed E-state index contributed by atoms with van der Waals surface area (Å²) in [7, 11) is 0. The Morgan fingerprint density at radius 3 is 2.79 bits per heavy atom. The van der Waals surface area contributed by atoms with Crippen LogP contribution in [0.15, 0.2) is 53.0 Å². The topological polar surface area (TPSA) is 51.0 Å². The number of amides is 1. The van der Waals surface area contributed by atoms with Gasteiger partial charge in [0.25, 0.3) is 0 Å². The largest absolute Gasteiger partial charge is 0.339 e. The van der Waals surface area contributed by atoms with Gasteiger partial charge >= 0.3 is 0 Å². The van der Waals surface area contributed by atoms with Crippen molar-refractivity contribution in [3.8, 4) is 10.7 Å². The third-order valence-electron chi connectivity index (χ3n) is 5.09. The summed E-state index contributed by atoms with van der Waals surface area (Å²) in [5.74, 6) is 1.46. The quantitative estimate of drug-likeness (QED) is 0.558. The summed E-state index contributed by atoms with van der Waals surface area (Å²) in [6.07, 6.45) is 3.42. The molecule has 5 nitrogen and oxygen atoms in total. The maximum absolute atomic E-state index is 12.7. The number of carbonyl (C=O) groups excluding carboxylic acids is 1. The molecule has 1 atom stereocenters. The van der Waals surface area contributed by atoms with E-state index in [0.29, 0.717) is 18.3 Å². The number of thiophene rings is 1. The standard InChI is InChI=1S/C21H24N4OS2/c1-16-8-5-6-12-24(16)19(26)15-28-21-23-22-20(18-11-7-13-27-18)25(21)14-17-9-3-2-4-10-17/h2-4,7,9-11,13,16H,5-6,8,12,14-15H2,1H3/t16-/m1/s1. The fraction of sp³-hybridized carbons (Fsp3) is 0.381. The molecule has 0 aliphatic carbocycles. The Morgan fingerprint density at radius 1 is 1.18 bits per heavy atom. The third-order valence-corrected chi connectivity index (χ3v) is 6.91. The van der Waals surface area contributed by atoms with Crippen LogP contribution in [-0.2, 0) is 11.3 Å². The van der Waals surface area contributed by atoms with E-state index in [9.17, 15) is 4.79 Å². The zero-order valence-electron chi connectivity index (χ0n) is 16.0. The van der Waals surface area contributed by atoms with Crippen molar-refractivity contribution in [3.05, 3.63) is 53.4 Å². The first kappa shape index (κ1) is 19.2. The minimum Gasteiger partial charge on any atom is -0.339 e. The van der Waals surface area contributed by atoms with Crippen LogP contribution in [0.1, 0.15) is 31.7 Å². The molecule has 4 rings (SSSR count). The Labute approximate surface area is 173 Å². The monoisotopic (exact) mass is 412 g/mol. The smallest absolute Gasteiger partial charge is 0.233 e. The highest BCUT2D eigenvalue weighted by Gasteiger charge is 2.24. The molecular formula is C21H24N4OS2. The molecular weight excluding hydrogens is 388 g/mol. The van der Waals surface area contributed by atoms with E-state index in [1.54, 1.807) is 11.3 Å². The number of hydrogen-bond donors (Lipinski definition) is 0. The molecule has 1 fully saturated rings. The van der Waals surface area contributed by atoms with E-state index in [-0.39, 0.29) is 5.91 Å². The van der Waals surface area contributed by atoms with E-state index < -0.39 is 0 Å². The molecule has 3 aromatic rings. The number of piperidine rings is 1. The molecule has 2 aromatic heterocycles. The molecule has 0 radical (unpaired) electrons. The number of benzene rings is 1. The number of likely N-dealkylation sites (tertiary alicyclic amines) is 1. The fourth-order valence-corrected chi connectivity index (χ4v) is 5.11. The summed E-state index contributed by atoms with van der Waals surface area (Å²) in [5.41, 5.74) is 1.19. The second-order valence-corrected chi connectivity index (χ2v) is 8.97. The Bertz CT molecular complexity index is 908. The lowest BCUT2D eigenvalue weighted by molar-refractivity contribution is -0.131. The molecule has 0 N–H and O–H groups in total. The Morgan fingerprint density at radius 2 is 2.04 bits per heavy atom. The second kappa shape index (κ2) is 8.92.